The van der Waals surface area contributed by atoms with Crippen molar-refractivity contribution in [2.75, 3.05) is 32.9 Å². The van der Waals surface area contributed by atoms with Crippen molar-refractivity contribution in [2.45, 2.75) is 39.4 Å². The highest BCUT2D eigenvalue weighted by molar-refractivity contribution is 5.67. The SMILES string of the molecule is CCOC(CNC[C@H](COCc1ccccc1)NC(=O)OCc1ccccc1)OCC. The Hall–Kier alpha value is -2.45. The fourth-order valence-electron chi connectivity index (χ4n) is 2.89. The van der Waals surface area contributed by atoms with Crippen LogP contribution in [0.3, 0.4) is 0 Å². The molecule has 2 rings (SSSR count). The number of amides is 1. The van der Waals surface area contributed by atoms with E-state index in [2.05, 4.69) is 10.6 Å². The zero-order valence-electron chi connectivity index (χ0n) is 18.4. The highest BCUT2D eigenvalue weighted by Gasteiger charge is 2.15. The molecule has 31 heavy (non-hydrogen) atoms. The molecule has 1 amide bonds. The molecule has 7 heteroatoms. The summed E-state index contributed by atoms with van der Waals surface area (Å²) >= 11 is 0. The van der Waals surface area contributed by atoms with Crippen molar-refractivity contribution in [1.29, 1.82) is 0 Å². The van der Waals surface area contributed by atoms with E-state index in [-0.39, 0.29) is 18.9 Å². The van der Waals surface area contributed by atoms with Crippen LogP contribution in [0.1, 0.15) is 25.0 Å². The molecule has 0 bridgehead atoms. The second-order valence-electron chi connectivity index (χ2n) is 6.90. The molecular formula is C24H34N2O5. The maximum atomic E-state index is 12.3. The van der Waals surface area contributed by atoms with E-state index in [1.165, 1.54) is 0 Å². The minimum atomic E-state index is -0.481. The lowest BCUT2D eigenvalue weighted by atomic mass is 10.2. The Balaban J connectivity index is 1.82. The van der Waals surface area contributed by atoms with Gasteiger partial charge >= 0.3 is 6.09 Å². The molecular weight excluding hydrogens is 396 g/mol. The maximum Gasteiger partial charge on any atom is 0.407 e. The summed E-state index contributed by atoms with van der Waals surface area (Å²) in [6.45, 7) is 7.03. The van der Waals surface area contributed by atoms with E-state index in [1.807, 2.05) is 74.5 Å². The van der Waals surface area contributed by atoms with E-state index in [9.17, 15) is 4.79 Å². The number of carbonyl (C=O) groups excluding carboxylic acids is 1. The van der Waals surface area contributed by atoms with Crippen molar-refractivity contribution in [3.63, 3.8) is 0 Å². The molecule has 0 aliphatic heterocycles. The van der Waals surface area contributed by atoms with E-state index < -0.39 is 6.09 Å². The van der Waals surface area contributed by atoms with Gasteiger partial charge in [0.25, 0.3) is 0 Å². The number of benzene rings is 2. The second-order valence-corrected chi connectivity index (χ2v) is 6.90. The largest absolute Gasteiger partial charge is 0.445 e. The number of alkyl carbamates (subject to hydrolysis) is 1. The van der Waals surface area contributed by atoms with Gasteiger partial charge in [0.05, 0.1) is 19.3 Å². The Morgan fingerprint density at radius 2 is 1.42 bits per heavy atom. The molecule has 1 atom stereocenters. The summed E-state index contributed by atoms with van der Waals surface area (Å²) in [7, 11) is 0. The first-order valence-electron chi connectivity index (χ1n) is 10.7. The summed E-state index contributed by atoms with van der Waals surface area (Å²) in [5, 5.41) is 6.16. The van der Waals surface area contributed by atoms with Gasteiger partial charge in [0.1, 0.15) is 6.61 Å². The molecule has 0 saturated carbocycles. The molecule has 0 fully saturated rings. The molecule has 0 radical (unpaired) electrons. The Labute approximate surface area is 185 Å². The van der Waals surface area contributed by atoms with Gasteiger partial charge in [-0.2, -0.15) is 0 Å². The number of hydrogen-bond donors (Lipinski definition) is 2. The highest BCUT2D eigenvalue weighted by atomic mass is 16.7. The van der Waals surface area contributed by atoms with Crippen molar-refractivity contribution >= 4 is 6.09 Å². The van der Waals surface area contributed by atoms with Gasteiger partial charge in [0.2, 0.25) is 0 Å². The fourth-order valence-corrected chi connectivity index (χ4v) is 2.89. The van der Waals surface area contributed by atoms with Crippen LogP contribution in [0.5, 0.6) is 0 Å². The van der Waals surface area contributed by atoms with Crippen LogP contribution in [-0.2, 0) is 32.2 Å². The van der Waals surface area contributed by atoms with E-state index in [4.69, 9.17) is 18.9 Å². The van der Waals surface area contributed by atoms with Gasteiger partial charge in [0.15, 0.2) is 6.29 Å². The van der Waals surface area contributed by atoms with Crippen LogP contribution in [-0.4, -0.2) is 51.3 Å². The normalized spacial score (nSPS) is 12.0. The van der Waals surface area contributed by atoms with Crippen molar-refractivity contribution in [3.05, 3.63) is 71.8 Å². The van der Waals surface area contributed by atoms with Crippen molar-refractivity contribution in [1.82, 2.24) is 10.6 Å². The summed E-state index contributed by atoms with van der Waals surface area (Å²) < 4.78 is 22.3. The van der Waals surface area contributed by atoms with Crippen molar-refractivity contribution in [3.8, 4) is 0 Å². The summed E-state index contributed by atoms with van der Waals surface area (Å²) in [6.07, 6.45) is -0.809. The second kappa shape index (κ2) is 15.4. The lowest BCUT2D eigenvalue weighted by molar-refractivity contribution is -0.133. The lowest BCUT2D eigenvalue weighted by Crippen LogP contribution is -2.47. The topological polar surface area (TPSA) is 78.0 Å². The van der Waals surface area contributed by atoms with E-state index in [0.29, 0.717) is 39.5 Å². The van der Waals surface area contributed by atoms with Gasteiger partial charge in [-0.1, -0.05) is 60.7 Å². The Morgan fingerprint density at radius 3 is 2.00 bits per heavy atom. The van der Waals surface area contributed by atoms with Crippen LogP contribution in [0.4, 0.5) is 4.79 Å². The minimum absolute atomic E-state index is 0.217. The van der Waals surface area contributed by atoms with Gasteiger partial charge in [-0.25, -0.2) is 4.79 Å². The highest BCUT2D eigenvalue weighted by Crippen LogP contribution is 2.03. The predicted molar refractivity (Wildman–Crippen MR) is 120 cm³/mol. The summed E-state index contributed by atoms with van der Waals surface area (Å²) in [5.41, 5.74) is 2.01. The van der Waals surface area contributed by atoms with Gasteiger partial charge in [-0.15, -0.1) is 0 Å². The molecule has 2 N–H and O–H groups in total. The monoisotopic (exact) mass is 430 g/mol. The number of rotatable bonds is 15. The van der Waals surface area contributed by atoms with Gasteiger partial charge < -0.3 is 29.6 Å². The smallest absolute Gasteiger partial charge is 0.407 e. The Kier molecular flexibility index (Phi) is 12.3. The van der Waals surface area contributed by atoms with E-state index in [1.54, 1.807) is 0 Å². The lowest BCUT2D eigenvalue weighted by Gasteiger charge is -2.22. The Morgan fingerprint density at radius 1 is 0.839 bits per heavy atom. The molecule has 0 saturated heterocycles. The van der Waals surface area contributed by atoms with E-state index in [0.717, 1.165) is 11.1 Å². The quantitative estimate of drug-likeness (QED) is 0.421. The first-order valence-corrected chi connectivity index (χ1v) is 10.7. The molecule has 0 spiro atoms. The molecule has 170 valence electrons. The van der Waals surface area contributed by atoms with Crippen LogP contribution in [0.15, 0.2) is 60.7 Å². The van der Waals surface area contributed by atoms with Crippen LogP contribution in [0.25, 0.3) is 0 Å². The average Bonchev–Trinajstić information content (AvgIpc) is 2.79. The fraction of sp³-hybridized carbons (Fsp3) is 0.458. The molecule has 2 aromatic rings. The molecule has 0 aliphatic rings. The van der Waals surface area contributed by atoms with Crippen LogP contribution in [0, 0.1) is 0 Å². The Bertz CT molecular complexity index is 708. The van der Waals surface area contributed by atoms with Crippen molar-refractivity contribution < 1.29 is 23.7 Å². The maximum absolute atomic E-state index is 12.3. The zero-order valence-corrected chi connectivity index (χ0v) is 18.4. The number of nitrogens with one attached hydrogen (secondary N) is 2. The number of carbonyl (C=O) groups is 1. The zero-order chi connectivity index (χ0) is 22.2. The van der Waals surface area contributed by atoms with E-state index >= 15 is 0 Å². The van der Waals surface area contributed by atoms with Gasteiger partial charge in [0, 0.05) is 26.3 Å². The molecule has 0 aromatic heterocycles. The third-order valence-electron chi connectivity index (χ3n) is 4.37. The molecule has 0 heterocycles. The summed E-state index contributed by atoms with van der Waals surface area (Å²) in [4.78, 5) is 12.3. The van der Waals surface area contributed by atoms with Crippen LogP contribution in [0.2, 0.25) is 0 Å². The third-order valence-corrected chi connectivity index (χ3v) is 4.37. The number of hydrogen-bond acceptors (Lipinski definition) is 6. The average molecular weight is 431 g/mol. The molecule has 2 aromatic carbocycles. The first kappa shape index (κ1) is 24.8. The summed E-state index contributed by atoms with van der Waals surface area (Å²) in [5.74, 6) is 0. The molecule has 0 unspecified atom stereocenters. The van der Waals surface area contributed by atoms with Gasteiger partial charge in [-0.3, -0.25) is 0 Å². The number of ether oxygens (including phenoxy) is 4. The summed E-state index contributed by atoms with van der Waals surface area (Å²) in [6, 6.07) is 19.2. The van der Waals surface area contributed by atoms with Gasteiger partial charge in [-0.05, 0) is 25.0 Å². The van der Waals surface area contributed by atoms with Crippen molar-refractivity contribution in [2.24, 2.45) is 0 Å². The first-order chi connectivity index (χ1) is 15.2. The minimum Gasteiger partial charge on any atom is -0.445 e. The molecule has 7 nitrogen and oxygen atoms in total. The molecule has 0 aliphatic carbocycles. The van der Waals surface area contributed by atoms with Crippen LogP contribution < -0.4 is 10.6 Å². The third kappa shape index (κ3) is 10.9. The standard InChI is InChI=1S/C24H34N2O5/c1-3-29-23(30-4-2)16-25-15-22(19-28-17-20-11-7-5-8-12-20)26-24(27)31-18-21-13-9-6-10-14-21/h5-14,22-23,25H,3-4,15-19H2,1-2H3,(H,26,27)/t22-/m1/s1. The van der Waals surface area contributed by atoms with Crippen LogP contribution >= 0.6 is 0 Å². The predicted octanol–water partition coefficient (Wildman–Crippen LogP) is 3.49.